The highest BCUT2D eigenvalue weighted by Crippen LogP contribution is 2.34. The molecular formula is C21H14O3. The Balaban J connectivity index is 1.94. The minimum Gasteiger partial charge on any atom is -0.497 e. The maximum atomic E-state index is 13.0. The number of benzene rings is 3. The average Bonchev–Trinajstić information content (AvgIpc) is 2.65. The maximum absolute atomic E-state index is 13.0. The van der Waals surface area contributed by atoms with Crippen molar-refractivity contribution in [1.29, 1.82) is 0 Å². The second-order valence-corrected chi connectivity index (χ2v) is 5.66. The van der Waals surface area contributed by atoms with Crippen LogP contribution in [0.15, 0.2) is 66.7 Å². The van der Waals surface area contributed by atoms with Crippen LogP contribution in [0.4, 0.5) is 0 Å². The molecule has 0 heterocycles. The normalized spacial score (nSPS) is 12.5. The third-order valence-electron chi connectivity index (χ3n) is 4.35. The van der Waals surface area contributed by atoms with Gasteiger partial charge in [0, 0.05) is 22.3 Å². The zero-order chi connectivity index (χ0) is 16.7. The summed E-state index contributed by atoms with van der Waals surface area (Å²) in [5.41, 5.74) is 3.53. The van der Waals surface area contributed by atoms with Gasteiger partial charge in [-0.1, -0.05) is 54.6 Å². The van der Waals surface area contributed by atoms with Crippen molar-refractivity contribution in [3.63, 3.8) is 0 Å². The van der Waals surface area contributed by atoms with Gasteiger partial charge in [-0.25, -0.2) is 0 Å². The number of hydrogen-bond donors (Lipinski definition) is 0. The third-order valence-corrected chi connectivity index (χ3v) is 4.35. The lowest BCUT2D eigenvalue weighted by atomic mass is 9.80. The number of hydrogen-bond acceptors (Lipinski definition) is 3. The first-order chi connectivity index (χ1) is 11.7. The predicted octanol–water partition coefficient (Wildman–Crippen LogP) is 4.14. The van der Waals surface area contributed by atoms with Gasteiger partial charge in [0.1, 0.15) is 5.75 Å². The van der Waals surface area contributed by atoms with Crippen molar-refractivity contribution in [2.45, 2.75) is 0 Å². The van der Waals surface area contributed by atoms with Gasteiger partial charge in [0.15, 0.2) is 11.6 Å². The molecule has 0 spiro atoms. The van der Waals surface area contributed by atoms with Gasteiger partial charge in [-0.05, 0) is 23.3 Å². The smallest absolute Gasteiger partial charge is 0.195 e. The highest BCUT2D eigenvalue weighted by atomic mass is 16.5. The molecule has 0 atom stereocenters. The molecule has 1 aliphatic rings. The Morgan fingerprint density at radius 1 is 0.625 bits per heavy atom. The van der Waals surface area contributed by atoms with Gasteiger partial charge in [-0.15, -0.1) is 0 Å². The fraction of sp³-hybridized carbons (Fsp3) is 0.0476. The molecule has 0 N–H and O–H groups in total. The number of fused-ring (bicyclic) bond motifs is 2. The molecule has 3 heteroatoms. The van der Waals surface area contributed by atoms with Gasteiger partial charge in [0.05, 0.1) is 7.11 Å². The molecule has 0 fully saturated rings. The molecule has 0 aliphatic heterocycles. The molecule has 1 aliphatic carbocycles. The molecule has 0 radical (unpaired) electrons. The minimum absolute atomic E-state index is 0.101. The van der Waals surface area contributed by atoms with E-state index in [1.807, 2.05) is 36.4 Å². The lowest BCUT2D eigenvalue weighted by Crippen LogP contribution is -2.21. The van der Waals surface area contributed by atoms with Gasteiger partial charge in [-0.3, -0.25) is 9.59 Å². The first-order valence-corrected chi connectivity index (χ1v) is 7.66. The fourth-order valence-electron chi connectivity index (χ4n) is 3.16. The van der Waals surface area contributed by atoms with Crippen molar-refractivity contribution in [2.24, 2.45) is 0 Å². The number of rotatable bonds is 2. The number of ether oxygens (including phenoxy) is 1. The first kappa shape index (κ1) is 14.4. The summed E-state index contributed by atoms with van der Waals surface area (Å²) >= 11 is 0. The lowest BCUT2D eigenvalue weighted by Gasteiger charge is -2.20. The van der Waals surface area contributed by atoms with E-state index in [0.29, 0.717) is 22.3 Å². The van der Waals surface area contributed by atoms with Gasteiger partial charge in [-0.2, -0.15) is 0 Å². The number of methoxy groups -OCH3 is 1. The van der Waals surface area contributed by atoms with Crippen LogP contribution in [0.5, 0.6) is 5.75 Å². The van der Waals surface area contributed by atoms with Crippen LogP contribution in [0.1, 0.15) is 31.8 Å². The molecule has 0 aromatic heterocycles. The Kier molecular flexibility index (Phi) is 3.28. The molecule has 4 rings (SSSR count). The second-order valence-electron chi connectivity index (χ2n) is 5.66. The predicted molar refractivity (Wildman–Crippen MR) is 91.7 cm³/mol. The summed E-state index contributed by atoms with van der Waals surface area (Å²) in [6.45, 7) is 0. The van der Waals surface area contributed by atoms with Crippen LogP contribution in [0.25, 0.3) is 11.1 Å². The molecule has 3 aromatic rings. The summed E-state index contributed by atoms with van der Waals surface area (Å²) in [6.07, 6.45) is 0. The Morgan fingerprint density at radius 2 is 1.21 bits per heavy atom. The molecule has 0 bridgehead atoms. The monoisotopic (exact) mass is 314 g/mol. The molecule has 116 valence electrons. The summed E-state index contributed by atoms with van der Waals surface area (Å²) < 4.78 is 5.18. The zero-order valence-corrected chi connectivity index (χ0v) is 13.1. The number of carbonyl (C=O) groups excluding carboxylic acids is 2. The van der Waals surface area contributed by atoms with E-state index in [1.165, 1.54) is 0 Å². The molecule has 3 nitrogen and oxygen atoms in total. The van der Waals surface area contributed by atoms with Crippen LogP contribution in [0, 0.1) is 0 Å². The summed E-state index contributed by atoms with van der Waals surface area (Å²) in [7, 11) is 1.61. The van der Waals surface area contributed by atoms with Crippen molar-refractivity contribution in [3.8, 4) is 16.9 Å². The van der Waals surface area contributed by atoms with E-state index in [9.17, 15) is 9.59 Å². The lowest BCUT2D eigenvalue weighted by molar-refractivity contribution is 0.0979. The fourth-order valence-corrected chi connectivity index (χ4v) is 3.16. The first-order valence-electron chi connectivity index (χ1n) is 7.66. The van der Waals surface area contributed by atoms with Crippen molar-refractivity contribution in [3.05, 3.63) is 89.0 Å². The zero-order valence-electron chi connectivity index (χ0n) is 13.1. The molecule has 24 heavy (non-hydrogen) atoms. The largest absolute Gasteiger partial charge is 0.497 e. The van der Waals surface area contributed by atoms with Gasteiger partial charge >= 0.3 is 0 Å². The molecule has 3 aromatic carbocycles. The van der Waals surface area contributed by atoms with Crippen LogP contribution in [0.3, 0.4) is 0 Å². The van der Waals surface area contributed by atoms with Crippen molar-refractivity contribution in [2.75, 3.05) is 7.11 Å². The summed E-state index contributed by atoms with van der Waals surface area (Å²) in [4.78, 5) is 25.8. The minimum atomic E-state index is -0.105. The topological polar surface area (TPSA) is 43.4 Å². The highest BCUT2D eigenvalue weighted by molar-refractivity contribution is 6.30. The van der Waals surface area contributed by atoms with Crippen LogP contribution in [-0.2, 0) is 0 Å². The number of carbonyl (C=O) groups is 2. The van der Waals surface area contributed by atoms with Gasteiger partial charge in [0.2, 0.25) is 0 Å². The van der Waals surface area contributed by atoms with Crippen LogP contribution < -0.4 is 4.74 Å². The van der Waals surface area contributed by atoms with E-state index in [2.05, 4.69) is 0 Å². The quantitative estimate of drug-likeness (QED) is 0.558. The van der Waals surface area contributed by atoms with Crippen LogP contribution in [0.2, 0.25) is 0 Å². The third kappa shape index (κ3) is 2.06. The molecular weight excluding hydrogens is 300 g/mol. The molecule has 0 amide bonds. The maximum Gasteiger partial charge on any atom is 0.195 e. The molecule has 0 saturated carbocycles. The number of ketones is 2. The van der Waals surface area contributed by atoms with E-state index < -0.39 is 0 Å². The van der Waals surface area contributed by atoms with Crippen molar-refractivity contribution in [1.82, 2.24) is 0 Å². The Hall–Kier alpha value is -3.20. The Bertz CT molecular complexity index is 969. The summed E-state index contributed by atoms with van der Waals surface area (Å²) in [5.74, 6) is 0.540. The standard InChI is InChI=1S/C21H14O3/c1-24-14-11-9-13(10-12-14)15-7-4-8-18-19(15)21(23)17-6-3-2-5-16(17)20(18)22/h2-12H,1H3. The van der Waals surface area contributed by atoms with Gasteiger partial charge < -0.3 is 4.74 Å². The highest BCUT2D eigenvalue weighted by Gasteiger charge is 2.31. The van der Waals surface area contributed by atoms with Crippen LogP contribution in [-0.4, -0.2) is 18.7 Å². The van der Waals surface area contributed by atoms with Crippen LogP contribution >= 0.6 is 0 Å². The Labute approximate surface area is 139 Å². The molecule has 0 saturated heterocycles. The summed E-state index contributed by atoms with van der Waals surface area (Å²) in [6, 6.07) is 19.9. The van der Waals surface area contributed by atoms with E-state index in [0.717, 1.165) is 16.9 Å². The second kappa shape index (κ2) is 5.46. The van der Waals surface area contributed by atoms with E-state index in [1.54, 1.807) is 37.4 Å². The average molecular weight is 314 g/mol. The van der Waals surface area contributed by atoms with E-state index in [4.69, 9.17) is 4.74 Å². The Morgan fingerprint density at radius 3 is 1.88 bits per heavy atom. The van der Waals surface area contributed by atoms with E-state index >= 15 is 0 Å². The van der Waals surface area contributed by atoms with E-state index in [-0.39, 0.29) is 11.6 Å². The van der Waals surface area contributed by atoms with Crippen molar-refractivity contribution < 1.29 is 14.3 Å². The molecule has 0 unspecified atom stereocenters. The summed E-state index contributed by atoms with van der Waals surface area (Å²) in [5, 5.41) is 0. The van der Waals surface area contributed by atoms with Gasteiger partial charge in [0.25, 0.3) is 0 Å². The van der Waals surface area contributed by atoms with Crippen molar-refractivity contribution >= 4 is 11.6 Å². The SMILES string of the molecule is COc1ccc(-c2cccc3c2C(=O)c2ccccc2C3=O)cc1.